The Morgan fingerprint density at radius 2 is 1.53 bits per heavy atom. The summed E-state index contributed by atoms with van der Waals surface area (Å²) < 4.78 is 94.2. The highest BCUT2D eigenvalue weighted by molar-refractivity contribution is 5.95. The Morgan fingerprint density at radius 3 is 1.93 bits per heavy atom. The van der Waals surface area contributed by atoms with Gasteiger partial charge >= 0.3 is 12.4 Å². The van der Waals surface area contributed by atoms with Gasteiger partial charge in [0, 0.05) is 19.1 Å². The highest BCUT2D eigenvalue weighted by atomic mass is 19.4. The number of aliphatic hydroxyl groups excluding tert-OH is 3. The normalized spacial score (nSPS) is 20.0. The molecule has 30 heavy (non-hydrogen) atoms. The van der Waals surface area contributed by atoms with Crippen LogP contribution in [0.15, 0.2) is 17.1 Å². The van der Waals surface area contributed by atoms with E-state index in [0.717, 1.165) is 7.11 Å². The van der Waals surface area contributed by atoms with Gasteiger partial charge in [0.15, 0.2) is 0 Å². The summed E-state index contributed by atoms with van der Waals surface area (Å²) in [5.74, 6) is -0.682. The van der Waals surface area contributed by atoms with Crippen LogP contribution in [-0.4, -0.2) is 58.4 Å². The standard InChI is InChI=1S/C14H13F7N2O3.C2H6.CH4O/c15-5-8(24)3-7-4-11(25)26-12(22-7)6-1-9(13(16,17)18)23-10(2-6)14(19,20)21;2*1-2/h1-2,7-8,11,24-25H,3-5H2;1-2H3;2H,1H3. The summed E-state index contributed by atoms with van der Waals surface area (Å²) in [4.78, 5) is 6.34. The summed E-state index contributed by atoms with van der Waals surface area (Å²) in [6.45, 7) is 2.88. The molecule has 3 N–H and O–H groups in total. The van der Waals surface area contributed by atoms with Crippen molar-refractivity contribution in [2.75, 3.05) is 13.8 Å². The number of pyridine rings is 1. The Bertz CT molecular complexity index is 649. The number of hydrogen-bond acceptors (Lipinski definition) is 6. The first-order chi connectivity index (χ1) is 13.9. The second-order valence-corrected chi connectivity index (χ2v) is 5.56. The molecule has 1 aliphatic heterocycles. The van der Waals surface area contributed by atoms with Crippen LogP contribution in [0.4, 0.5) is 30.7 Å². The number of aliphatic imine (C=N–C) groups is 1. The summed E-state index contributed by atoms with van der Waals surface area (Å²) >= 11 is 0. The van der Waals surface area contributed by atoms with Gasteiger partial charge in [0.05, 0.1) is 12.1 Å². The molecule has 3 unspecified atom stereocenters. The topological polar surface area (TPSA) is 95.2 Å². The predicted octanol–water partition coefficient (Wildman–Crippen LogP) is 3.33. The molecule has 2 heterocycles. The van der Waals surface area contributed by atoms with Crippen molar-refractivity contribution in [1.29, 1.82) is 0 Å². The molecule has 174 valence electrons. The highest BCUT2D eigenvalue weighted by Gasteiger charge is 2.40. The molecule has 0 bridgehead atoms. The summed E-state index contributed by atoms with van der Waals surface area (Å²) in [7, 11) is 1.00. The van der Waals surface area contributed by atoms with E-state index in [0.29, 0.717) is 12.1 Å². The third-order valence-electron chi connectivity index (χ3n) is 3.40. The van der Waals surface area contributed by atoms with Gasteiger partial charge in [0.1, 0.15) is 18.1 Å². The number of hydrogen-bond donors (Lipinski definition) is 3. The van der Waals surface area contributed by atoms with Gasteiger partial charge in [-0.05, 0) is 18.6 Å². The monoisotopic (exact) mass is 452 g/mol. The number of nitrogens with zero attached hydrogens (tertiary/aromatic N) is 2. The van der Waals surface area contributed by atoms with E-state index in [4.69, 9.17) is 9.84 Å². The van der Waals surface area contributed by atoms with Crippen molar-refractivity contribution in [1.82, 2.24) is 4.98 Å². The number of aliphatic hydroxyl groups is 3. The van der Waals surface area contributed by atoms with Crippen molar-refractivity contribution >= 4 is 5.90 Å². The number of ether oxygens (including phenoxy) is 1. The average Bonchev–Trinajstić information content (AvgIpc) is 2.69. The van der Waals surface area contributed by atoms with Gasteiger partial charge in [-0.1, -0.05) is 13.8 Å². The second kappa shape index (κ2) is 12.0. The molecule has 0 spiro atoms. The highest BCUT2D eigenvalue weighted by Crippen LogP contribution is 2.34. The van der Waals surface area contributed by atoms with Crippen molar-refractivity contribution in [2.24, 2.45) is 4.99 Å². The van der Waals surface area contributed by atoms with E-state index in [1.54, 1.807) is 0 Å². The molecule has 0 amide bonds. The average molecular weight is 452 g/mol. The second-order valence-electron chi connectivity index (χ2n) is 5.56. The summed E-state index contributed by atoms with van der Waals surface area (Å²) in [6.07, 6.45) is -13.8. The largest absolute Gasteiger partial charge is 0.448 e. The Hall–Kier alpha value is -1.99. The van der Waals surface area contributed by atoms with Gasteiger partial charge in [-0.15, -0.1) is 0 Å². The lowest BCUT2D eigenvalue weighted by Gasteiger charge is -2.26. The Balaban J connectivity index is 0.00000198. The first kappa shape index (κ1) is 28.0. The van der Waals surface area contributed by atoms with Crippen LogP contribution in [0.2, 0.25) is 0 Å². The molecule has 6 nitrogen and oxygen atoms in total. The van der Waals surface area contributed by atoms with E-state index in [-0.39, 0.29) is 12.8 Å². The van der Waals surface area contributed by atoms with Gasteiger partial charge in [-0.2, -0.15) is 26.3 Å². The fourth-order valence-electron chi connectivity index (χ4n) is 2.27. The minimum Gasteiger partial charge on any atom is -0.448 e. The zero-order valence-corrected chi connectivity index (χ0v) is 16.3. The fourth-order valence-corrected chi connectivity index (χ4v) is 2.27. The van der Waals surface area contributed by atoms with E-state index in [9.17, 15) is 40.9 Å². The van der Waals surface area contributed by atoms with Crippen molar-refractivity contribution in [3.8, 4) is 0 Å². The zero-order valence-electron chi connectivity index (χ0n) is 16.3. The molecule has 0 saturated heterocycles. The predicted molar refractivity (Wildman–Crippen MR) is 92.4 cm³/mol. The van der Waals surface area contributed by atoms with Gasteiger partial charge < -0.3 is 20.1 Å². The van der Waals surface area contributed by atoms with Crippen LogP contribution in [0.1, 0.15) is 43.6 Å². The van der Waals surface area contributed by atoms with Crippen LogP contribution in [0, 0.1) is 0 Å². The van der Waals surface area contributed by atoms with Crippen LogP contribution in [0.3, 0.4) is 0 Å². The molecular weight excluding hydrogens is 429 g/mol. The molecule has 0 aromatic carbocycles. The summed E-state index contributed by atoms with van der Waals surface area (Å²) in [5.41, 5.74) is -4.32. The van der Waals surface area contributed by atoms with Gasteiger partial charge in [0.2, 0.25) is 12.2 Å². The Labute approximate surface area is 168 Å². The number of aromatic nitrogens is 1. The summed E-state index contributed by atoms with van der Waals surface area (Å²) in [6, 6.07) is -0.347. The number of alkyl halides is 7. The van der Waals surface area contributed by atoms with Crippen LogP contribution >= 0.6 is 0 Å². The maximum Gasteiger partial charge on any atom is 0.433 e. The third kappa shape index (κ3) is 8.40. The fraction of sp³-hybridized carbons (Fsp3) is 0.647. The minimum atomic E-state index is -5.16. The van der Waals surface area contributed by atoms with Gasteiger partial charge in [0.25, 0.3) is 0 Å². The molecule has 1 aliphatic rings. The smallest absolute Gasteiger partial charge is 0.433 e. The van der Waals surface area contributed by atoms with Crippen LogP contribution in [-0.2, 0) is 17.1 Å². The van der Waals surface area contributed by atoms with Crippen molar-refractivity contribution in [2.45, 2.75) is 57.5 Å². The van der Waals surface area contributed by atoms with Crippen molar-refractivity contribution < 1.29 is 50.8 Å². The van der Waals surface area contributed by atoms with Crippen LogP contribution < -0.4 is 0 Å². The van der Waals surface area contributed by atoms with E-state index in [2.05, 4.69) is 9.98 Å². The van der Waals surface area contributed by atoms with Gasteiger partial charge in [-0.3, -0.25) is 0 Å². The van der Waals surface area contributed by atoms with E-state index < -0.39 is 60.3 Å². The van der Waals surface area contributed by atoms with Crippen LogP contribution in [0.25, 0.3) is 0 Å². The molecular formula is C17H23F7N2O4. The molecule has 1 aromatic heterocycles. The van der Waals surface area contributed by atoms with Gasteiger partial charge in [-0.25, -0.2) is 14.4 Å². The lowest BCUT2D eigenvalue weighted by atomic mass is 10.0. The lowest BCUT2D eigenvalue weighted by molar-refractivity contribution is -0.150. The lowest BCUT2D eigenvalue weighted by Crippen LogP contribution is -2.33. The minimum absolute atomic E-state index is 0.204. The number of rotatable bonds is 4. The SMILES string of the molecule is CC.CO.OC(CF)CC1CC(O)OC(c2cc(C(F)(F)F)nc(C(F)(F)F)c2)=N1. The molecule has 13 heteroatoms. The third-order valence-corrected chi connectivity index (χ3v) is 3.40. The van der Waals surface area contributed by atoms with E-state index >= 15 is 0 Å². The molecule has 0 radical (unpaired) electrons. The van der Waals surface area contributed by atoms with Crippen molar-refractivity contribution in [3.63, 3.8) is 0 Å². The molecule has 0 aliphatic carbocycles. The maximum absolute atomic E-state index is 12.8. The molecule has 2 rings (SSSR count). The van der Waals surface area contributed by atoms with E-state index in [1.807, 2.05) is 13.8 Å². The first-order valence-electron chi connectivity index (χ1n) is 8.68. The molecule has 1 aromatic rings. The molecule has 0 fully saturated rings. The maximum atomic E-state index is 12.8. The zero-order chi connectivity index (χ0) is 23.7. The number of halogens is 7. The summed E-state index contributed by atoms with van der Waals surface area (Å²) in [5, 5.41) is 25.9. The quantitative estimate of drug-likeness (QED) is 0.610. The Morgan fingerprint density at radius 1 is 1.07 bits per heavy atom. The van der Waals surface area contributed by atoms with Crippen molar-refractivity contribution in [3.05, 3.63) is 29.1 Å². The molecule has 0 saturated carbocycles. The Kier molecular flexibility index (Phi) is 11.2. The van der Waals surface area contributed by atoms with E-state index in [1.165, 1.54) is 0 Å². The van der Waals surface area contributed by atoms with Crippen LogP contribution in [0.5, 0.6) is 0 Å². The first-order valence-corrected chi connectivity index (χ1v) is 8.68. The molecule has 3 atom stereocenters.